The number of hydrogen-bond acceptors (Lipinski definition) is 3. The van der Waals surface area contributed by atoms with Crippen LogP contribution in [0.3, 0.4) is 0 Å². The van der Waals surface area contributed by atoms with Crippen molar-refractivity contribution in [3.05, 3.63) is 18.1 Å². The minimum Gasteiger partial charge on any atom is -0.310 e. The summed E-state index contributed by atoms with van der Waals surface area (Å²) in [6, 6.07) is 1.78. The summed E-state index contributed by atoms with van der Waals surface area (Å²) in [5.74, 6) is 2.60. The quantitative estimate of drug-likeness (QED) is 0.865. The Hall–Kier alpha value is -1.45. The first-order valence-electron chi connectivity index (χ1n) is 8.91. The highest BCUT2D eigenvalue weighted by molar-refractivity contribution is 5.91. The second kappa shape index (κ2) is 7.41. The van der Waals surface area contributed by atoms with Crippen LogP contribution in [0.4, 0.5) is 5.82 Å². The van der Waals surface area contributed by atoms with E-state index in [4.69, 9.17) is 0 Å². The van der Waals surface area contributed by atoms with E-state index in [0.717, 1.165) is 12.2 Å². The van der Waals surface area contributed by atoms with Crippen LogP contribution < -0.4 is 5.32 Å². The topological polar surface area (TPSA) is 54.9 Å². The SMILES string of the molecule is CC(C)C(CC1CCCC1)C(=O)Nc1ccnc(C(C)(C)C)n1. The molecule has 1 aliphatic rings. The van der Waals surface area contributed by atoms with Crippen molar-refractivity contribution in [2.75, 3.05) is 5.32 Å². The third kappa shape index (κ3) is 5.02. The molecule has 1 fully saturated rings. The summed E-state index contributed by atoms with van der Waals surface area (Å²) in [4.78, 5) is 21.6. The molecule has 1 saturated carbocycles. The van der Waals surface area contributed by atoms with Crippen LogP contribution in [0.1, 0.15) is 72.5 Å². The third-order valence-electron chi connectivity index (χ3n) is 4.78. The van der Waals surface area contributed by atoms with Crippen molar-refractivity contribution in [3.63, 3.8) is 0 Å². The molecule has 23 heavy (non-hydrogen) atoms. The van der Waals surface area contributed by atoms with Crippen molar-refractivity contribution in [1.29, 1.82) is 0 Å². The molecule has 0 saturated heterocycles. The van der Waals surface area contributed by atoms with E-state index in [1.807, 2.05) is 0 Å². The van der Waals surface area contributed by atoms with Gasteiger partial charge in [0, 0.05) is 17.5 Å². The second-order valence-corrected chi connectivity index (χ2v) is 8.24. The average Bonchev–Trinajstić information content (AvgIpc) is 2.96. The molecule has 1 aliphatic carbocycles. The lowest BCUT2D eigenvalue weighted by molar-refractivity contribution is -0.121. The van der Waals surface area contributed by atoms with Gasteiger partial charge in [-0.2, -0.15) is 0 Å². The highest BCUT2D eigenvalue weighted by Crippen LogP contribution is 2.33. The molecule has 0 aliphatic heterocycles. The van der Waals surface area contributed by atoms with Crippen LogP contribution in [0.25, 0.3) is 0 Å². The van der Waals surface area contributed by atoms with Crippen molar-refractivity contribution < 1.29 is 4.79 Å². The standard InChI is InChI=1S/C19H31N3O/c1-13(2)15(12-14-8-6-7-9-14)17(23)21-16-10-11-20-18(22-16)19(3,4)5/h10-11,13-15H,6-9,12H2,1-5H3,(H,20,21,22,23). The van der Waals surface area contributed by atoms with Crippen LogP contribution in [-0.4, -0.2) is 15.9 Å². The Balaban J connectivity index is 2.06. The average molecular weight is 317 g/mol. The summed E-state index contributed by atoms with van der Waals surface area (Å²) >= 11 is 0. The van der Waals surface area contributed by atoms with Gasteiger partial charge < -0.3 is 5.32 Å². The molecule has 1 aromatic rings. The van der Waals surface area contributed by atoms with Gasteiger partial charge in [0.15, 0.2) is 0 Å². The summed E-state index contributed by atoms with van der Waals surface area (Å²) < 4.78 is 0. The Labute approximate surface area is 140 Å². The maximum atomic E-state index is 12.7. The molecular weight excluding hydrogens is 286 g/mol. The second-order valence-electron chi connectivity index (χ2n) is 8.24. The van der Waals surface area contributed by atoms with Crippen LogP contribution in [0.5, 0.6) is 0 Å². The van der Waals surface area contributed by atoms with E-state index < -0.39 is 0 Å². The molecule has 1 atom stereocenters. The summed E-state index contributed by atoms with van der Waals surface area (Å²) in [5, 5.41) is 3.02. The summed E-state index contributed by atoms with van der Waals surface area (Å²) in [7, 11) is 0. The summed E-state index contributed by atoms with van der Waals surface area (Å²) in [6.07, 6.45) is 7.91. The number of nitrogens with zero attached hydrogens (tertiary/aromatic N) is 2. The lowest BCUT2D eigenvalue weighted by Crippen LogP contribution is -2.29. The van der Waals surface area contributed by atoms with E-state index in [1.54, 1.807) is 12.3 Å². The lowest BCUT2D eigenvalue weighted by atomic mass is 9.85. The van der Waals surface area contributed by atoms with Crippen molar-refractivity contribution in [2.24, 2.45) is 17.8 Å². The smallest absolute Gasteiger partial charge is 0.228 e. The molecule has 4 heteroatoms. The van der Waals surface area contributed by atoms with Gasteiger partial charge in [0.1, 0.15) is 11.6 Å². The summed E-state index contributed by atoms with van der Waals surface area (Å²) in [5.41, 5.74) is -0.123. The van der Waals surface area contributed by atoms with Gasteiger partial charge in [-0.25, -0.2) is 9.97 Å². The Morgan fingerprint density at radius 2 is 1.96 bits per heavy atom. The van der Waals surface area contributed by atoms with Crippen molar-refractivity contribution in [1.82, 2.24) is 9.97 Å². The van der Waals surface area contributed by atoms with Crippen LogP contribution in [0, 0.1) is 17.8 Å². The van der Waals surface area contributed by atoms with Gasteiger partial charge in [0.05, 0.1) is 0 Å². The van der Waals surface area contributed by atoms with E-state index in [1.165, 1.54) is 25.7 Å². The van der Waals surface area contributed by atoms with Crippen LogP contribution >= 0.6 is 0 Å². The molecule has 1 N–H and O–H groups in total. The molecule has 0 aromatic carbocycles. The number of anilines is 1. The third-order valence-corrected chi connectivity index (χ3v) is 4.78. The van der Waals surface area contributed by atoms with Crippen LogP contribution in [0.15, 0.2) is 12.3 Å². The molecule has 128 valence electrons. The molecule has 2 rings (SSSR count). The van der Waals surface area contributed by atoms with Gasteiger partial charge in [-0.05, 0) is 24.3 Å². The van der Waals surface area contributed by atoms with Crippen molar-refractivity contribution in [3.8, 4) is 0 Å². The largest absolute Gasteiger partial charge is 0.310 e. The van der Waals surface area contributed by atoms with Crippen molar-refractivity contribution in [2.45, 2.75) is 72.1 Å². The molecule has 0 bridgehead atoms. The highest BCUT2D eigenvalue weighted by Gasteiger charge is 2.28. The Morgan fingerprint density at radius 1 is 1.30 bits per heavy atom. The van der Waals surface area contributed by atoms with Gasteiger partial charge in [0.25, 0.3) is 0 Å². The van der Waals surface area contributed by atoms with E-state index in [-0.39, 0.29) is 17.2 Å². The Morgan fingerprint density at radius 3 is 2.52 bits per heavy atom. The van der Waals surface area contributed by atoms with E-state index in [2.05, 4.69) is 49.9 Å². The summed E-state index contributed by atoms with van der Waals surface area (Å²) in [6.45, 7) is 10.5. The van der Waals surface area contributed by atoms with Gasteiger partial charge in [-0.3, -0.25) is 4.79 Å². The van der Waals surface area contributed by atoms with Crippen LogP contribution in [0.2, 0.25) is 0 Å². The van der Waals surface area contributed by atoms with Gasteiger partial charge >= 0.3 is 0 Å². The number of aromatic nitrogens is 2. The van der Waals surface area contributed by atoms with E-state index >= 15 is 0 Å². The van der Waals surface area contributed by atoms with Gasteiger partial charge in [-0.1, -0.05) is 60.3 Å². The molecule has 0 radical (unpaired) electrons. The number of amides is 1. The zero-order valence-electron chi connectivity index (χ0n) is 15.2. The minimum atomic E-state index is -0.123. The molecule has 0 spiro atoms. The molecule has 4 nitrogen and oxygen atoms in total. The maximum Gasteiger partial charge on any atom is 0.228 e. The molecule has 1 aromatic heterocycles. The first-order chi connectivity index (χ1) is 10.8. The number of carbonyl (C=O) groups excluding carboxylic acids is 1. The van der Waals surface area contributed by atoms with E-state index in [0.29, 0.717) is 17.7 Å². The van der Waals surface area contributed by atoms with E-state index in [9.17, 15) is 4.79 Å². The fourth-order valence-corrected chi connectivity index (χ4v) is 3.30. The molecule has 1 amide bonds. The first-order valence-corrected chi connectivity index (χ1v) is 8.91. The number of carbonyl (C=O) groups is 1. The van der Waals surface area contributed by atoms with Crippen molar-refractivity contribution >= 4 is 11.7 Å². The fourth-order valence-electron chi connectivity index (χ4n) is 3.30. The predicted molar refractivity (Wildman–Crippen MR) is 94.3 cm³/mol. The zero-order valence-corrected chi connectivity index (χ0v) is 15.2. The monoisotopic (exact) mass is 317 g/mol. The highest BCUT2D eigenvalue weighted by atomic mass is 16.1. The number of rotatable bonds is 5. The zero-order chi connectivity index (χ0) is 17.0. The minimum absolute atomic E-state index is 0.0613. The Kier molecular flexibility index (Phi) is 5.77. The predicted octanol–water partition coefficient (Wildman–Crippen LogP) is 4.57. The number of nitrogens with one attached hydrogen (secondary N) is 1. The molecular formula is C19H31N3O. The molecule has 1 unspecified atom stereocenters. The molecule has 1 heterocycles. The van der Waals surface area contributed by atoms with Gasteiger partial charge in [-0.15, -0.1) is 0 Å². The van der Waals surface area contributed by atoms with Gasteiger partial charge in [0.2, 0.25) is 5.91 Å². The number of hydrogen-bond donors (Lipinski definition) is 1. The fraction of sp³-hybridized carbons (Fsp3) is 0.737. The van der Waals surface area contributed by atoms with Crippen LogP contribution in [-0.2, 0) is 10.2 Å². The lowest BCUT2D eigenvalue weighted by Gasteiger charge is -2.23. The first kappa shape index (κ1) is 17.9. The normalized spacial score (nSPS) is 17.5. The Bertz CT molecular complexity index is 528. The maximum absolute atomic E-state index is 12.7.